The first-order valence-electron chi connectivity index (χ1n) is 7.43. The van der Waals surface area contributed by atoms with Gasteiger partial charge in [-0.05, 0) is 36.1 Å². The van der Waals surface area contributed by atoms with Crippen LogP contribution in [0.4, 0.5) is 0 Å². The molecule has 0 atom stereocenters. The Hall–Kier alpha value is 0.0600. The third kappa shape index (κ3) is 6.53. The van der Waals surface area contributed by atoms with Gasteiger partial charge in [-0.15, -0.1) is 0 Å². The minimum absolute atomic E-state index is 0. The molecule has 0 saturated heterocycles. The molecule has 11 heteroatoms. The molecule has 0 unspecified atom stereocenters. The average Bonchev–Trinajstić information content (AvgIpc) is 2.51. The maximum Gasteiger partial charge on any atom is 1.00 e. The van der Waals surface area contributed by atoms with Crippen LogP contribution in [-0.4, -0.2) is 31.0 Å². The molecule has 1 N–H and O–H groups in total. The maximum atomic E-state index is 11.7. The van der Waals surface area contributed by atoms with E-state index in [2.05, 4.69) is 0 Å². The number of aryl methyl sites for hydroxylation is 1. The fourth-order valence-corrected chi connectivity index (χ4v) is 4.68. The first-order chi connectivity index (χ1) is 11.6. The second-order valence-electron chi connectivity index (χ2n) is 5.46. The number of hydrogen-bond donors (Lipinski definition) is 1. The van der Waals surface area contributed by atoms with Gasteiger partial charge in [-0.25, -0.2) is 16.8 Å². The van der Waals surface area contributed by atoms with Crippen molar-refractivity contribution in [3.8, 4) is 16.9 Å². The molecular formula is C16H16Na2O7S2. The van der Waals surface area contributed by atoms with E-state index in [-0.39, 0.29) is 64.7 Å². The zero-order valence-corrected chi connectivity index (χ0v) is 20.9. The van der Waals surface area contributed by atoms with Crippen molar-refractivity contribution in [2.75, 3.05) is 0 Å². The molecule has 2 aromatic rings. The predicted molar refractivity (Wildman–Crippen MR) is 88.1 cm³/mol. The van der Waals surface area contributed by atoms with Crippen LogP contribution in [-0.2, 0) is 26.7 Å². The van der Waals surface area contributed by atoms with Gasteiger partial charge in [0.05, 0.1) is 4.90 Å². The molecule has 2 aromatic carbocycles. The quantitative estimate of drug-likeness (QED) is 0.367. The van der Waals surface area contributed by atoms with Crippen molar-refractivity contribution in [3.63, 3.8) is 0 Å². The summed E-state index contributed by atoms with van der Waals surface area (Å²) in [5.41, 5.74) is 0.818. The smallest absolute Gasteiger partial charge is 0.744 e. The minimum Gasteiger partial charge on any atom is -0.744 e. The standard InChI is InChI=1S/C16H18O7S2.2Na/c1-2-3-6-11-7-4-5-8-12(11)13-9-10-14(17)16(25(21,22)23)15(13)24(18,19)20;;/h4-5,7-10,17H,2-3,6H2,1H3,(H,18,19,20)(H,21,22,23);;/q;2*+1/p-2. The Labute approximate surface area is 203 Å². The fraction of sp³-hybridized carbons (Fsp3) is 0.250. The van der Waals surface area contributed by atoms with Gasteiger partial charge in [0.1, 0.15) is 30.9 Å². The van der Waals surface area contributed by atoms with Crippen molar-refractivity contribution < 1.29 is 90.2 Å². The Morgan fingerprint density at radius 1 is 0.852 bits per heavy atom. The Morgan fingerprint density at radius 3 is 1.93 bits per heavy atom. The second-order valence-corrected chi connectivity index (χ2v) is 8.09. The molecule has 0 spiro atoms. The second kappa shape index (κ2) is 10.7. The van der Waals surface area contributed by atoms with Gasteiger partial charge in [-0.2, -0.15) is 0 Å². The van der Waals surface area contributed by atoms with Crippen molar-refractivity contribution in [3.05, 3.63) is 42.0 Å². The van der Waals surface area contributed by atoms with E-state index in [1.807, 2.05) is 6.92 Å². The van der Waals surface area contributed by atoms with Gasteiger partial charge in [0.25, 0.3) is 0 Å². The van der Waals surface area contributed by atoms with E-state index in [1.54, 1.807) is 18.2 Å². The molecule has 0 amide bonds. The molecule has 0 fully saturated rings. The zero-order valence-electron chi connectivity index (χ0n) is 15.3. The number of phenols is 1. The molecule has 0 aliphatic carbocycles. The summed E-state index contributed by atoms with van der Waals surface area (Å²) in [7, 11) is -10.7. The van der Waals surface area contributed by atoms with Crippen LogP contribution in [0.3, 0.4) is 0 Å². The van der Waals surface area contributed by atoms with Crippen LogP contribution < -0.4 is 59.1 Å². The fourth-order valence-electron chi connectivity index (χ4n) is 2.62. The molecule has 0 bridgehead atoms. The summed E-state index contributed by atoms with van der Waals surface area (Å²) in [6.07, 6.45) is 2.24. The SMILES string of the molecule is CCCCc1ccccc1-c1ccc(O)c(S(=O)(=O)[O-])c1S(=O)(=O)[O-].[Na+].[Na+]. The summed E-state index contributed by atoms with van der Waals surface area (Å²) in [6.45, 7) is 1.97. The summed E-state index contributed by atoms with van der Waals surface area (Å²) >= 11 is 0. The normalized spacial score (nSPS) is 11.4. The minimum atomic E-state index is -5.39. The average molecular weight is 430 g/mol. The molecule has 27 heavy (non-hydrogen) atoms. The van der Waals surface area contributed by atoms with E-state index in [0.29, 0.717) is 17.5 Å². The molecular weight excluding hydrogens is 414 g/mol. The number of hydrogen-bond acceptors (Lipinski definition) is 7. The van der Waals surface area contributed by atoms with E-state index in [9.17, 15) is 31.0 Å². The van der Waals surface area contributed by atoms with Gasteiger partial charge < -0.3 is 14.2 Å². The number of aromatic hydroxyl groups is 1. The Morgan fingerprint density at radius 2 is 1.41 bits per heavy atom. The topological polar surface area (TPSA) is 135 Å². The largest absolute Gasteiger partial charge is 1.00 e. The van der Waals surface area contributed by atoms with Crippen LogP contribution in [0.2, 0.25) is 0 Å². The van der Waals surface area contributed by atoms with Crippen molar-refractivity contribution >= 4 is 20.2 Å². The molecule has 0 aliphatic heterocycles. The van der Waals surface area contributed by atoms with Crippen LogP contribution in [0.5, 0.6) is 5.75 Å². The molecule has 0 aliphatic rings. The molecule has 0 radical (unpaired) electrons. The van der Waals surface area contributed by atoms with Gasteiger partial charge >= 0.3 is 59.1 Å². The van der Waals surface area contributed by atoms with E-state index in [4.69, 9.17) is 0 Å². The molecule has 136 valence electrons. The maximum absolute atomic E-state index is 11.7. The van der Waals surface area contributed by atoms with E-state index in [1.165, 1.54) is 6.07 Å². The predicted octanol–water partition coefficient (Wildman–Crippen LogP) is -3.78. The van der Waals surface area contributed by atoms with E-state index in [0.717, 1.165) is 25.0 Å². The Balaban J connectivity index is 0.00000338. The molecule has 0 aromatic heterocycles. The van der Waals surface area contributed by atoms with Crippen molar-refractivity contribution in [2.24, 2.45) is 0 Å². The van der Waals surface area contributed by atoms with Gasteiger partial charge in [-0.1, -0.05) is 37.6 Å². The third-order valence-corrected chi connectivity index (χ3v) is 5.67. The van der Waals surface area contributed by atoms with Crippen molar-refractivity contribution in [1.82, 2.24) is 0 Å². The molecule has 2 rings (SSSR count). The van der Waals surface area contributed by atoms with Gasteiger partial charge in [-0.3, -0.25) is 0 Å². The first kappa shape index (κ1) is 27.1. The Bertz CT molecular complexity index is 1000. The van der Waals surface area contributed by atoms with Gasteiger partial charge in [0.2, 0.25) is 0 Å². The summed E-state index contributed by atoms with van der Waals surface area (Å²) < 4.78 is 69.4. The van der Waals surface area contributed by atoms with E-state index >= 15 is 0 Å². The van der Waals surface area contributed by atoms with Crippen LogP contribution in [0, 0.1) is 0 Å². The summed E-state index contributed by atoms with van der Waals surface area (Å²) in [6, 6.07) is 8.61. The van der Waals surface area contributed by atoms with Crippen LogP contribution in [0.1, 0.15) is 25.3 Å². The molecule has 7 nitrogen and oxygen atoms in total. The number of rotatable bonds is 6. The van der Waals surface area contributed by atoms with Crippen LogP contribution in [0.25, 0.3) is 11.1 Å². The molecule has 0 saturated carbocycles. The van der Waals surface area contributed by atoms with Crippen molar-refractivity contribution in [1.29, 1.82) is 0 Å². The number of phenolic OH excluding ortho intramolecular Hbond substituents is 1. The summed E-state index contributed by atoms with van der Waals surface area (Å²) in [5.74, 6) is -1.07. The summed E-state index contributed by atoms with van der Waals surface area (Å²) in [5, 5.41) is 9.69. The van der Waals surface area contributed by atoms with Gasteiger partial charge in [0.15, 0.2) is 0 Å². The zero-order chi connectivity index (χ0) is 18.8. The summed E-state index contributed by atoms with van der Waals surface area (Å²) in [4.78, 5) is -2.63. The van der Waals surface area contributed by atoms with Gasteiger partial charge in [0, 0.05) is 5.56 Å². The van der Waals surface area contributed by atoms with Crippen LogP contribution in [0.15, 0.2) is 46.2 Å². The first-order valence-corrected chi connectivity index (χ1v) is 10.2. The van der Waals surface area contributed by atoms with Crippen molar-refractivity contribution in [2.45, 2.75) is 36.0 Å². The monoisotopic (exact) mass is 430 g/mol. The Kier molecular flexibility index (Phi) is 10.8. The van der Waals surface area contributed by atoms with Crippen LogP contribution >= 0.6 is 0 Å². The third-order valence-electron chi connectivity index (χ3n) is 3.70. The molecule has 0 heterocycles. The van der Waals surface area contributed by atoms with E-state index < -0.39 is 35.8 Å². The number of unbranched alkanes of at least 4 members (excludes halogenated alkanes) is 1. The number of benzene rings is 2.